The van der Waals surface area contributed by atoms with Crippen LogP contribution in [-0.2, 0) is 0 Å². The summed E-state index contributed by atoms with van der Waals surface area (Å²) in [5.41, 5.74) is 1.17. The maximum Gasteiger partial charge on any atom is 0.106 e. The van der Waals surface area contributed by atoms with E-state index in [9.17, 15) is 0 Å². The first kappa shape index (κ1) is 8.20. The summed E-state index contributed by atoms with van der Waals surface area (Å²) in [6, 6.07) is 5.43. The summed E-state index contributed by atoms with van der Waals surface area (Å²) in [6.07, 6.45) is 0. The molecular formula is C7H7BrN2O. The minimum atomic E-state index is 0.506. The summed E-state index contributed by atoms with van der Waals surface area (Å²) < 4.78 is 0.734. The number of nitrogens with zero attached hydrogens (tertiary/aromatic N) is 2. The number of halogens is 1. The molecule has 0 saturated carbocycles. The van der Waals surface area contributed by atoms with Gasteiger partial charge in [0.2, 0.25) is 0 Å². The van der Waals surface area contributed by atoms with Crippen molar-refractivity contribution in [2.75, 3.05) is 0 Å². The molecule has 11 heavy (non-hydrogen) atoms. The molecule has 58 valence electrons. The molecule has 0 fully saturated rings. The summed E-state index contributed by atoms with van der Waals surface area (Å²) in [5, 5.41) is 11.4. The topological polar surface area (TPSA) is 45.5 Å². The van der Waals surface area contributed by atoms with Gasteiger partial charge in [-0.2, -0.15) is 0 Å². The first-order valence-electron chi connectivity index (χ1n) is 3.05. The van der Waals surface area contributed by atoms with Gasteiger partial charge in [0.25, 0.3) is 0 Å². The molecule has 3 nitrogen and oxygen atoms in total. The average molecular weight is 215 g/mol. The van der Waals surface area contributed by atoms with E-state index in [1.807, 2.05) is 12.1 Å². The second kappa shape index (κ2) is 3.48. The molecule has 0 aliphatic rings. The van der Waals surface area contributed by atoms with E-state index < -0.39 is 0 Å². The second-order valence-corrected chi connectivity index (χ2v) is 2.84. The van der Waals surface area contributed by atoms with Crippen molar-refractivity contribution in [3.8, 4) is 0 Å². The molecule has 0 radical (unpaired) electrons. The van der Waals surface area contributed by atoms with E-state index in [0.717, 1.165) is 4.60 Å². The average Bonchev–Trinajstić information content (AvgIpc) is 2.03. The molecule has 0 amide bonds. The Morgan fingerprint density at radius 2 is 2.36 bits per heavy atom. The highest BCUT2D eigenvalue weighted by atomic mass is 79.9. The second-order valence-electron chi connectivity index (χ2n) is 2.03. The Hall–Kier alpha value is -0.900. The van der Waals surface area contributed by atoms with Gasteiger partial charge in [0.1, 0.15) is 10.3 Å². The Labute approximate surface area is 72.9 Å². The lowest BCUT2D eigenvalue weighted by Gasteiger charge is -1.96. The summed E-state index contributed by atoms with van der Waals surface area (Å²) in [6.45, 7) is 1.69. The van der Waals surface area contributed by atoms with Crippen molar-refractivity contribution >= 4 is 21.6 Å². The van der Waals surface area contributed by atoms with E-state index in [1.54, 1.807) is 13.0 Å². The third kappa shape index (κ3) is 2.01. The van der Waals surface area contributed by atoms with Crippen LogP contribution < -0.4 is 0 Å². The van der Waals surface area contributed by atoms with Crippen molar-refractivity contribution < 1.29 is 5.21 Å². The van der Waals surface area contributed by atoms with Crippen molar-refractivity contribution in [2.24, 2.45) is 5.16 Å². The van der Waals surface area contributed by atoms with Crippen molar-refractivity contribution in [3.05, 3.63) is 28.5 Å². The van der Waals surface area contributed by atoms with Gasteiger partial charge in [-0.25, -0.2) is 4.98 Å². The van der Waals surface area contributed by atoms with Gasteiger partial charge in [-0.15, -0.1) is 0 Å². The third-order valence-corrected chi connectivity index (χ3v) is 1.68. The Balaban J connectivity index is 3.06. The highest BCUT2D eigenvalue weighted by Gasteiger charge is 1.98. The van der Waals surface area contributed by atoms with Gasteiger partial charge in [-0.05, 0) is 35.0 Å². The molecule has 0 aromatic carbocycles. The number of oxime groups is 1. The molecule has 0 saturated heterocycles. The monoisotopic (exact) mass is 214 g/mol. The molecule has 1 N–H and O–H groups in total. The van der Waals surface area contributed by atoms with Crippen LogP contribution in [0.2, 0.25) is 0 Å². The lowest BCUT2D eigenvalue weighted by molar-refractivity contribution is 0.319. The molecule has 1 heterocycles. The predicted octanol–water partition coefficient (Wildman–Crippen LogP) is 2.04. The summed E-state index contributed by atoms with van der Waals surface area (Å²) in [5.74, 6) is 0. The largest absolute Gasteiger partial charge is 0.411 e. The van der Waals surface area contributed by atoms with Gasteiger partial charge >= 0.3 is 0 Å². The van der Waals surface area contributed by atoms with Crippen molar-refractivity contribution in [1.82, 2.24) is 4.98 Å². The molecular weight excluding hydrogens is 208 g/mol. The maximum absolute atomic E-state index is 8.41. The molecule has 0 aliphatic carbocycles. The lowest BCUT2D eigenvalue weighted by Crippen LogP contribution is -1.97. The number of pyridine rings is 1. The predicted molar refractivity (Wildman–Crippen MR) is 45.9 cm³/mol. The SMILES string of the molecule is CC(=NO)c1cccc(Br)n1. The van der Waals surface area contributed by atoms with E-state index >= 15 is 0 Å². The van der Waals surface area contributed by atoms with Crippen LogP contribution in [-0.4, -0.2) is 15.9 Å². The van der Waals surface area contributed by atoms with Gasteiger partial charge in [0.15, 0.2) is 0 Å². The Morgan fingerprint density at radius 1 is 1.64 bits per heavy atom. The molecule has 0 spiro atoms. The van der Waals surface area contributed by atoms with E-state index in [2.05, 4.69) is 26.1 Å². The lowest BCUT2D eigenvalue weighted by atomic mass is 10.3. The summed E-state index contributed by atoms with van der Waals surface area (Å²) in [7, 11) is 0. The van der Waals surface area contributed by atoms with E-state index in [1.165, 1.54) is 0 Å². The van der Waals surface area contributed by atoms with Crippen molar-refractivity contribution in [2.45, 2.75) is 6.92 Å². The van der Waals surface area contributed by atoms with Crippen LogP contribution in [0.4, 0.5) is 0 Å². The van der Waals surface area contributed by atoms with Crippen LogP contribution in [0, 0.1) is 0 Å². The van der Waals surface area contributed by atoms with Gasteiger partial charge in [0.05, 0.1) is 5.69 Å². The van der Waals surface area contributed by atoms with Crippen LogP contribution >= 0.6 is 15.9 Å². The van der Waals surface area contributed by atoms with Crippen LogP contribution in [0.3, 0.4) is 0 Å². The Bertz CT molecular complexity index is 286. The fourth-order valence-corrected chi connectivity index (χ4v) is 1.00. The molecule has 0 aliphatic heterocycles. The fourth-order valence-electron chi connectivity index (χ4n) is 0.661. The van der Waals surface area contributed by atoms with Crippen LogP contribution in [0.25, 0.3) is 0 Å². The molecule has 1 aromatic rings. The van der Waals surface area contributed by atoms with Gasteiger partial charge in [-0.1, -0.05) is 11.2 Å². The van der Waals surface area contributed by atoms with Gasteiger partial charge < -0.3 is 5.21 Å². The molecule has 0 bridgehead atoms. The third-order valence-electron chi connectivity index (χ3n) is 1.24. The van der Waals surface area contributed by atoms with Crippen molar-refractivity contribution in [3.63, 3.8) is 0 Å². The zero-order valence-corrected chi connectivity index (χ0v) is 7.54. The fraction of sp³-hybridized carbons (Fsp3) is 0.143. The molecule has 1 aromatic heterocycles. The van der Waals surface area contributed by atoms with Crippen LogP contribution in [0.1, 0.15) is 12.6 Å². The highest BCUT2D eigenvalue weighted by Crippen LogP contribution is 2.06. The Morgan fingerprint density at radius 3 is 2.91 bits per heavy atom. The minimum absolute atomic E-state index is 0.506. The molecule has 1 rings (SSSR count). The van der Waals surface area contributed by atoms with Gasteiger partial charge in [0, 0.05) is 0 Å². The number of hydrogen-bond donors (Lipinski definition) is 1. The minimum Gasteiger partial charge on any atom is -0.411 e. The molecule has 0 atom stereocenters. The van der Waals surface area contributed by atoms with E-state index in [-0.39, 0.29) is 0 Å². The number of rotatable bonds is 1. The van der Waals surface area contributed by atoms with E-state index in [0.29, 0.717) is 11.4 Å². The molecule has 0 unspecified atom stereocenters. The smallest absolute Gasteiger partial charge is 0.106 e. The molecule has 4 heteroatoms. The first-order valence-corrected chi connectivity index (χ1v) is 3.85. The van der Waals surface area contributed by atoms with E-state index in [4.69, 9.17) is 5.21 Å². The summed E-state index contributed by atoms with van der Waals surface area (Å²) in [4.78, 5) is 4.07. The number of aromatic nitrogens is 1. The summed E-state index contributed by atoms with van der Waals surface area (Å²) >= 11 is 3.21. The first-order chi connectivity index (χ1) is 5.24. The number of hydrogen-bond acceptors (Lipinski definition) is 3. The highest BCUT2D eigenvalue weighted by molar-refractivity contribution is 9.10. The van der Waals surface area contributed by atoms with Gasteiger partial charge in [-0.3, -0.25) is 0 Å². The standard InChI is InChI=1S/C7H7BrN2O/c1-5(10-11)6-3-2-4-7(8)9-6/h2-4,11H,1H3. The van der Waals surface area contributed by atoms with Crippen LogP contribution in [0.15, 0.2) is 28.0 Å². The quantitative estimate of drug-likeness (QED) is 0.337. The van der Waals surface area contributed by atoms with Crippen LogP contribution in [0.5, 0.6) is 0 Å². The maximum atomic E-state index is 8.41. The normalized spacial score (nSPS) is 11.6. The van der Waals surface area contributed by atoms with Crippen molar-refractivity contribution in [1.29, 1.82) is 0 Å². The Kier molecular flexibility index (Phi) is 2.59. The zero-order chi connectivity index (χ0) is 8.27. The zero-order valence-electron chi connectivity index (χ0n) is 5.95.